The molecule has 1 fully saturated rings. The van der Waals surface area contributed by atoms with Gasteiger partial charge in [0.2, 0.25) is 11.8 Å². The number of nitrogens with one attached hydrogen (secondary N) is 1. The highest BCUT2D eigenvalue weighted by Crippen LogP contribution is 2.38. The fourth-order valence-electron chi connectivity index (χ4n) is 1.52. The molecule has 0 unspecified atom stereocenters. The maximum Gasteiger partial charge on any atom is 0.307 e. The molecule has 0 aliphatic heterocycles. The third kappa shape index (κ3) is 3.88. The predicted molar refractivity (Wildman–Crippen MR) is 55.3 cm³/mol. The van der Waals surface area contributed by atoms with Crippen LogP contribution in [0.15, 0.2) is 0 Å². The van der Waals surface area contributed by atoms with Crippen molar-refractivity contribution in [3.8, 4) is 0 Å². The lowest BCUT2D eigenvalue weighted by molar-refractivity contribution is -0.140. The van der Waals surface area contributed by atoms with Gasteiger partial charge >= 0.3 is 5.97 Å². The molecule has 0 aromatic heterocycles. The van der Waals surface area contributed by atoms with E-state index in [1.165, 1.54) is 0 Å². The van der Waals surface area contributed by atoms with Crippen molar-refractivity contribution in [3.05, 3.63) is 0 Å². The highest BCUT2D eigenvalue weighted by atomic mass is 16.4. The topological polar surface area (TPSA) is 109 Å². The van der Waals surface area contributed by atoms with Crippen LogP contribution in [0.3, 0.4) is 0 Å². The molecule has 16 heavy (non-hydrogen) atoms. The lowest BCUT2D eigenvalue weighted by atomic mass is 10.2. The molecule has 0 aromatic rings. The van der Waals surface area contributed by atoms with Gasteiger partial charge in [0.1, 0.15) is 0 Å². The van der Waals surface area contributed by atoms with Gasteiger partial charge in [-0.1, -0.05) is 0 Å². The highest BCUT2D eigenvalue weighted by Gasteiger charge is 2.48. The van der Waals surface area contributed by atoms with E-state index in [1.807, 2.05) is 0 Å². The fraction of sp³-hybridized carbons (Fsp3) is 0.700. The molecule has 90 valence electrons. The molecule has 2 atom stereocenters. The summed E-state index contributed by atoms with van der Waals surface area (Å²) in [5.41, 5.74) is 4.95. The van der Waals surface area contributed by atoms with Gasteiger partial charge in [-0.05, 0) is 19.3 Å². The number of carbonyl (C=O) groups excluding carboxylic acids is 2. The van der Waals surface area contributed by atoms with E-state index in [4.69, 9.17) is 10.8 Å². The summed E-state index contributed by atoms with van der Waals surface area (Å²) in [4.78, 5) is 32.2. The number of hydrogen-bond donors (Lipinski definition) is 3. The number of aliphatic carboxylic acids is 1. The summed E-state index contributed by atoms with van der Waals surface area (Å²) in [6, 6.07) is 0. The van der Waals surface area contributed by atoms with Crippen molar-refractivity contribution < 1.29 is 19.5 Å². The minimum Gasteiger partial charge on any atom is -0.481 e. The number of nitrogens with two attached hydrogens (primary N) is 1. The van der Waals surface area contributed by atoms with Gasteiger partial charge < -0.3 is 16.2 Å². The SMILES string of the molecule is NC(=O)CCCCNC(=O)[C@@H]1C[C@@H]1C(=O)O. The molecule has 1 saturated carbocycles. The zero-order valence-electron chi connectivity index (χ0n) is 8.94. The van der Waals surface area contributed by atoms with Crippen LogP contribution in [-0.2, 0) is 14.4 Å². The third-order valence-corrected chi connectivity index (χ3v) is 2.59. The zero-order chi connectivity index (χ0) is 12.1. The third-order valence-electron chi connectivity index (χ3n) is 2.59. The van der Waals surface area contributed by atoms with Crippen LogP contribution in [0.4, 0.5) is 0 Å². The van der Waals surface area contributed by atoms with Crippen LogP contribution < -0.4 is 11.1 Å². The Morgan fingerprint density at radius 3 is 2.44 bits per heavy atom. The number of primary amides is 1. The number of carbonyl (C=O) groups is 3. The summed E-state index contributed by atoms with van der Waals surface area (Å²) in [6.07, 6.45) is 2.07. The van der Waals surface area contributed by atoms with Crippen molar-refractivity contribution >= 4 is 17.8 Å². The first-order valence-electron chi connectivity index (χ1n) is 5.31. The van der Waals surface area contributed by atoms with Gasteiger partial charge in [-0.2, -0.15) is 0 Å². The summed E-state index contributed by atoms with van der Waals surface area (Å²) in [7, 11) is 0. The molecule has 4 N–H and O–H groups in total. The Labute approximate surface area is 93.2 Å². The largest absolute Gasteiger partial charge is 0.481 e. The quantitative estimate of drug-likeness (QED) is 0.509. The number of unbranched alkanes of at least 4 members (excludes halogenated alkanes) is 1. The maximum absolute atomic E-state index is 11.4. The monoisotopic (exact) mass is 228 g/mol. The van der Waals surface area contributed by atoms with E-state index < -0.39 is 11.9 Å². The van der Waals surface area contributed by atoms with Gasteiger partial charge in [-0.15, -0.1) is 0 Å². The summed E-state index contributed by atoms with van der Waals surface area (Å²) >= 11 is 0. The fourth-order valence-corrected chi connectivity index (χ4v) is 1.52. The van der Waals surface area contributed by atoms with Crippen LogP contribution in [0.25, 0.3) is 0 Å². The standard InChI is InChI=1S/C10H16N2O4/c11-8(13)3-1-2-4-12-9(14)6-5-7(6)10(15)16/h6-7H,1-5H2,(H2,11,13)(H,12,14)(H,15,16)/t6-,7+/m1/s1. The molecule has 6 heteroatoms. The van der Waals surface area contributed by atoms with Gasteiger partial charge in [0, 0.05) is 13.0 Å². The van der Waals surface area contributed by atoms with E-state index in [0.29, 0.717) is 32.2 Å². The zero-order valence-corrected chi connectivity index (χ0v) is 8.94. The van der Waals surface area contributed by atoms with Crippen LogP contribution in [0, 0.1) is 11.8 Å². The number of rotatable bonds is 7. The van der Waals surface area contributed by atoms with E-state index in [9.17, 15) is 14.4 Å². The molecule has 1 rings (SSSR count). The molecule has 1 aliphatic carbocycles. The van der Waals surface area contributed by atoms with E-state index in [-0.39, 0.29) is 17.7 Å². The van der Waals surface area contributed by atoms with Gasteiger partial charge in [-0.25, -0.2) is 0 Å². The van der Waals surface area contributed by atoms with Crippen LogP contribution in [-0.4, -0.2) is 29.4 Å². The Hall–Kier alpha value is -1.59. The van der Waals surface area contributed by atoms with Gasteiger partial charge in [0.05, 0.1) is 11.8 Å². The lowest BCUT2D eigenvalue weighted by Crippen LogP contribution is -2.27. The Balaban J connectivity index is 2.04. The molecule has 0 heterocycles. The second-order valence-corrected chi connectivity index (χ2v) is 4.00. The Bertz CT molecular complexity index is 303. The Morgan fingerprint density at radius 1 is 1.25 bits per heavy atom. The van der Waals surface area contributed by atoms with Crippen LogP contribution >= 0.6 is 0 Å². The van der Waals surface area contributed by atoms with Crippen molar-refractivity contribution in [2.75, 3.05) is 6.54 Å². The highest BCUT2D eigenvalue weighted by molar-refractivity contribution is 5.89. The van der Waals surface area contributed by atoms with Gasteiger partial charge in [0.25, 0.3) is 0 Å². The summed E-state index contributed by atoms with van der Waals surface area (Å²) in [6.45, 7) is 0.467. The molecule has 0 radical (unpaired) electrons. The maximum atomic E-state index is 11.4. The second-order valence-electron chi connectivity index (χ2n) is 4.00. The van der Waals surface area contributed by atoms with Crippen LogP contribution in [0.2, 0.25) is 0 Å². The van der Waals surface area contributed by atoms with Crippen molar-refractivity contribution in [2.45, 2.75) is 25.7 Å². The summed E-state index contributed by atoms with van der Waals surface area (Å²) in [5.74, 6) is -2.33. The summed E-state index contributed by atoms with van der Waals surface area (Å²) in [5, 5.41) is 11.3. The Morgan fingerprint density at radius 2 is 1.94 bits per heavy atom. The molecule has 6 nitrogen and oxygen atoms in total. The molecule has 0 spiro atoms. The Kier molecular flexibility index (Phi) is 4.28. The van der Waals surface area contributed by atoms with E-state index >= 15 is 0 Å². The number of carboxylic acids is 1. The number of amides is 2. The first kappa shape index (κ1) is 12.5. The summed E-state index contributed by atoms with van der Waals surface area (Å²) < 4.78 is 0. The molecule has 0 aromatic carbocycles. The molecular formula is C10H16N2O4. The molecule has 2 amide bonds. The lowest BCUT2D eigenvalue weighted by Gasteiger charge is -2.03. The molecule has 1 aliphatic rings. The van der Waals surface area contributed by atoms with E-state index in [0.717, 1.165) is 0 Å². The average Bonchev–Trinajstić information content (AvgIpc) is 2.95. The van der Waals surface area contributed by atoms with Crippen LogP contribution in [0.5, 0.6) is 0 Å². The molecular weight excluding hydrogens is 212 g/mol. The van der Waals surface area contributed by atoms with E-state index in [1.54, 1.807) is 0 Å². The molecule has 0 bridgehead atoms. The van der Waals surface area contributed by atoms with Gasteiger partial charge in [-0.3, -0.25) is 14.4 Å². The number of hydrogen-bond acceptors (Lipinski definition) is 3. The minimum atomic E-state index is -0.908. The van der Waals surface area contributed by atoms with Crippen molar-refractivity contribution in [2.24, 2.45) is 17.6 Å². The van der Waals surface area contributed by atoms with Crippen molar-refractivity contribution in [1.29, 1.82) is 0 Å². The smallest absolute Gasteiger partial charge is 0.307 e. The van der Waals surface area contributed by atoms with Crippen molar-refractivity contribution in [1.82, 2.24) is 5.32 Å². The predicted octanol–water partition coefficient (Wildman–Crippen LogP) is -0.521. The van der Waals surface area contributed by atoms with Crippen molar-refractivity contribution in [3.63, 3.8) is 0 Å². The first-order valence-corrected chi connectivity index (χ1v) is 5.31. The van der Waals surface area contributed by atoms with E-state index in [2.05, 4.69) is 5.32 Å². The first-order chi connectivity index (χ1) is 7.52. The number of carboxylic acid groups (broad SMARTS) is 1. The van der Waals surface area contributed by atoms with Crippen LogP contribution in [0.1, 0.15) is 25.7 Å². The second kappa shape index (κ2) is 5.48. The molecule has 0 saturated heterocycles. The minimum absolute atomic E-state index is 0.202. The van der Waals surface area contributed by atoms with Gasteiger partial charge in [0.15, 0.2) is 0 Å². The normalized spacial score (nSPS) is 22.5. The average molecular weight is 228 g/mol.